The summed E-state index contributed by atoms with van der Waals surface area (Å²) in [4.78, 5) is 25.4. The van der Waals surface area contributed by atoms with Gasteiger partial charge in [0.25, 0.3) is 0 Å². The second kappa shape index (κ2) is 6.57. The zero-order chi connectivity index (χ0) is 19.5. The molecule has 0 unspecified atom stereocenters. The average Bonchev–Trinajstić information content (AvgIpc) is 2.63. The summed E-state index contributed by atoms with van der Waals surface area (Å²) in [5, 5.41) is 1.44. The Balaban J connectivity index is 2.26. The summed E-state index contributed by atoms with van der Waals surface area (Å²) >= 11 is 7.22. The van der Waals surface area contributed by atoms with E-state index in [0.29, 0.717) is 26.7 Å². The number of para-hydroxylation sites is 1. The van der Waals surface area contributed by atoms with Crippen LogP contribution in [0.2, 0.25) is 0 Å². The molecule has 0 N–H and O–H groups in total. The fourth-order valence-corrected chi connectivity index (χ4v) is 4.71. The monoisotopic (exact) mass is 486 g/mol. The van der Waals surface area contributed by atoms with E-state index in [-0.39, 0.29) is 17.5 Å². The molecule has 4 rings (SSSR count). The minimum Gasteiger partial charge on any atom is -0.455 e. The maximum Gasteiger partial charge on any atom is 0.166 e. The highest BCUT2D eigenvalue weighted by molar-refractivity contribution is 9.11. The van der Waals surface area contributed by atoms with Crippen molar-refractivity contribution in [2.45, 2.75) is 20.8 Å². The topological polar surface area (TPSA) is 43.4 Å². The lowest BCUT2D eigenvalue weighted by Gasteiger charge is -2.26. The summed E-state index contributed by atoms with van der Waals surface area (Å²) in [5.41, 5.74) is 2.92. The van der Waals surface area contributed by atoms with Crippen molar-refractivity contribution in [3.63, 3.8) is 0 Å². The molecule has 1 heterocycles. The van der Waals surface area contributed by atoms with Crippen molar-refractivity contribution in [1.82, 2.24) is 0 Å². The van der Waals surface area contributed by atoms with E-state index in [2.05, 4.69) is 31.9 Å². The molecule has 5 heteroatoms. The molecule has 0 radical (unpaired) electrons. The molecule has 0 aromatic heterocycles. The first-order chi connectivity index (χ1) is 12.8. The zero-order valence-corrected chi connectivity index (χ0v) is 18.2. The lowest BCUT2D eigenvalue weighted by molar-refractivity contribution is 0.0941. The zero-order valence-electron chi connectivity index (χ0n) is 15.0. The van der Waals surface area contributed by atoms with Crippen molar-refractivity contribution in [1.29, 1.82) is 0 Å². The Morgan fingerprint density at radius 3 is 2.30 bits per heavy atom. The fourth-order valence-electron chi connectivity index (χ4n) is 3.56. The molecule has 0 fully saturated rings. The van der Waals surface area contributed by atoms with Crippen LogP contribution in [0.5, 0.6) is 11.5 Å². The summed E-state index contributed by atoms with van der Waals surface area (Å²) in [6.07, 6.45) is 0. The molecule has 136 valence electrons. The Bertz CT molecular complexity index is 1150. The third kappa shape index (κ3) is 2.75. The summed E-state index contributed by atoms with van der Waals surface area (Å²) in [6.45, 7) is 5.24. The van der Waals surface area contributed by atoms with Crippen molar-refractivity contribution in [2.24, 2.45) is 5.92 Å². The number of hydrogen-bond donors (Lipinski definition) is 0. The van der Waals surface area contributed by atoms with E-state index in [1.165, 1.54) is 6.92 Å². The van der Waals surface area contributed by atoms with E-state index >= 15 is 0 Å². The van der Waals surface area contributed by atoms with Crippen molar-refractivity contribution < 1.29 is 14.3 Å². The van der Waals surface area contributed by atoms with Gasteiger partial charge in [-0.3, -0.25) is 9.59 Å². The van der Waals surface area contributed by atoms with Crippen LogP contribution in [0, 0.1) is 5.92 Å². The van der Waals surface area contributed by atoms with Gasteiger partial charge in [-0.1, -0.05) is 48.0 Å². The number of ether oxygens (including phenoxy) is 1. The molecular weight excluding hydrogens is 472 g/mol. The fraction of sp³-hybridized carbons (Fsp3) is 0.182. The van der Waals surface area contributed by atoms with Crippen LogP contribution in [0.3, 0.4) is 0 Å². The molecule has 0 atom stereocenters. The van der Waals surface area contributed by atoms with Crippen LogP contribution in [0.1, 0.15) is 41.5 Å². The highest BCUT2D eigenvalue weighted by atomic mass is 79.9. The van der Waals surface area contributed by atoms with Gasteiger partial charge in [-0.25, -0.2) is 0 Å². The molecule has 0 bridgehead atoms. The number of hydrogen-bond acceptors (Lipinski definition) is 3. The van der Waals surface area contributed by atoms with E-state index in [4.69, 9.17) is 4.74 Å². The quantitative estimate of drug-likeness (QED) is 0.287. The number of fused-ring (bicyclic) bond motifs is 2. The van der Waals surface area contributed by atoms with Crippen LogP contribution in [0.4, 0.5) is 0 Å². The third-order valence-corrected chi connectivity index (χ3v) is 6.02. The van der Waals surface area contributed by atoms with Crippen molar-refractivity contribution in [3.8, 4) is 22.6 Å². The molecule has 3 aromatic carbocycles. The van der Waals surface area contributed by atoms with Gasteiger partial charge in [0.05, 0.1) is 4.47 Å². The Kier molecular flexibility index (Phi) is 4.47. The Morgan fingerprint density at radius 1 is 0.963 bits per heavy atom. The highest BCUT2D eigenvalue weighted by Gasteiger charge is 2.30. The first-order valence-electron chi connectivity index (χ1n) is 8.62. The maximum absolute atomic E-state index is 13.0. The van der Waals surface area contributed by atoms with Gasteiger partial charge in [-0.05, 0) is 41.1 Å². The molecule has 1 aliphatic rings. The maximum atomic E-state index is 13.0. The third-order valence-electron chi connectivity index (χ3n) is 4.80. The molecule has 1 aliphatic heterocycles. The predicted molar refractivity (Wildman–Crippen MR) is 114 cm³/mol. The Morgan fingerprint density at radius 2 is 1.63 bits per heavy atom. The second-order valence-corrected chi connectivity index (χ2v) is 8.65. The lowest BCUT2D eigenvalue weighted by atomic mass is 9.86. The number of rotatable bonds is 3. The van der Waals surface area contributed by atoms with Gasteiger partial charge >= 0.3 is 0 Å². The van der Waals surface area contributed by atoms with Gasteiger partial charge in [0.15, 0.2) is 11.6 Å². The Labute approximate surface area is 174 Å². The molecule has 0 saturated heterocycles. The van der Waals surface area contributed by atoms with E-state index in [1.807, 2.05) is 44.2 Å². The minimum atomic E-state index is -0.186. The SMILES string of the molecule is CC(=O)c1cc(Br)c2c3c(c(Br)cc(C(=O)C(C)C)c13)Oc1ccccc1-2. The second-order valence-electron chi connectivity index (χ2n) is 6.94. The normalized spacial score (nSPS) is 12.1. The van der Waals surface area contributed by atoms with Crippen molar-refractivity contribution in [2.75, 3.05) is 0 Å². The van der Waals surface area contributed by atoms with E-state index in [9.17, 15) is 9.59 Å². The molecule has 0 spiro atoms. The molecule has 27 heavy (non-hydrogen) atoms. The van der Waals surface area contributed by atoms with Crippen molar-refractivity contribution in [3.05, 3.63) is 56.5 Å². The van der Waals surface area contributed by atoms with Crippen LogP contribution in [0.15, 0.2) is 45.3 Å². The van der Waals surface area contributed by atoms with Gasteiger partial charge in [-0.2, -0.15) is 0 Å². The molecule has 0 amide bonds. The molecule has 3 aromatic rings. The van der Waals surface area contributed by atoms with E-state index < -0.39 is 0 Å². The average molecular weight is 488 g/mol. The van der Waals surface area contributed by atoms with Gasteiger partial charge < -0.3 is 4.74 Å². The van der Waals surface area contributed by atoms with Crippen LogP contribution in [-0.2, 0) is 0 Å². The highest BCUT2D eigenvalue weighted by Crippen LogP contribution is 2.53. The molecule has 0 aliphatic carbocycles. The number of Topliss-reactive ketones (excluding diaryl/α,β-unsaturated/α-hetero) is 2. The summed E-state index contributed by atoms with van der Waals surface area (Å²) in [5.74, 6) is 1.09. The number of halogens is 2. The predicted octanol–water partition coefficient (Wildman–Crippen LogP) is 7.18. The van der Waals surface area contributed by atoms with Gasteiger partial charge in [0.1, 0.15) is 11.5 Å². The molecule has 0 saturated carbocycles. The number of carbonyl (C=O) groups excluding carboxylic acids is 2. The summed E-state index contributed by atoms with van der Waals surface area (Å²) < 4.78 is 7.68. The Hall–Kier alpha value is -1.98. The molecule has 3 nitrogen and oxygen atoms in total. The first-order valence-corrected chi connectivity index (χ1v) is 10.2. The number of ketones is 2. The van der Waals surface area contributed by atoms with Crippen LogP contribution in [0.25, 0.3) is 21.9 Å². The number of carbonyl (C=O) groups is 2. The first kappa shape index (κ1) is 18.4. The van der Waals surface area contributed by atoms with Crippen molar-refractivity contribution >= 4 is 54.2 Å². The van der Waals surface area contributed by atoms with Crippen LogP contribution in [-0.4, -0.2) is 11.6 Å². The standard InChI is InChI=1S/C22H16Br2O3/c1-10(2)21(26)14-9-16(24)22-20-18(14)13(11(3)25)8-15(23)19(20)12-6-4-5-7-17(12)27-22/h4-10H,1-3H3. The van der Waals surface area contributed by atoms with E-state index in [0.717, 1.165) is 26.7 Å². The largest absolute Gasteiger partial charge is 0.455 e. The van der Waals surface area contributed by atoms with Gasteiger partial charge in [-0.15, -0.1) is 0 Å². The van der Waals surface area contributed by atoms with Crippen LogP contribution >= 0.6 is 31.9 Å². The summed E-state index contributed by atoms with van der Waals surface area (Å²) in [7, 11) is 0. The van der Waals surface area contributed by atoms with Gasteiger partial charge in [0, 0.05) is 43.4 Å². The molecular formula is C22H16Br2O3. The lowest BCUT2D eigenvalue weighted by Crippen LogP contribution is -2.12. The van der Waals surface area contributed by atoms with Gasteiger partial charge in [0.2, 0.25) is 0 Å². The minimum absolute atomic E-state index is 0.00289. The smallest absolute Gasteiger partial charge is 0.166 e. The number of benzene rings is 3. The summed E-state index contributed by atoms with van der Waals surface area (Å²) in [6, 6.07) is 11.4. The van der Waals surface area contributed by atoms with Crippen LogP contribution < -0.4 is 4.74 Å². The van der Waals surface area contributed by atoms with E-state index in [1.54, 1.807) is 6.07 Å².